The van der Waals surface area contributed by atoms with Crippen molar-refractivity contribution >= 4 is 40.2 Å². The van der Waals surface area contributed by atoms with E-state index in [9.17, 15) is 4.79 Å². The second kappa shape index (κ2) is 4.77. The summed E-state index contributed by atoms with van der Waals surface area (Å²) in [4.78, 5) is 12.5. The zero-order valence-electron chi connectivity index (χ0n) is 9.16. The SMILES string of the molecule is Cc1ccc(Cl)cc1NC(=O)c1sccc1N. The van der Waals surface area contributed by atoms with Crippen molar-refractivity contribution in [1.82, 2.24) is 0 Å². The van der Waals surface area contributed by atoms with E-state index in [0.29, 0.717) is 21.3 Å². The molecule has 17 heavy (non-hydrogen) atoms. The molecule has 0 saturated heterocycles. The van der Waals surface area contributed by atoms with Crippen molar-refractivity contribution in [3.05, 3.63) is 45.1 Å². The van der Waals surface area contributed by atoms with Crippen molar-refractivity contribution < 1.29 is 4.79 Å². The Morgan fingerprint density at radius 1 is 1.41 bits per heavy atom. The Kier molecular flexibility index (Phi) is 3.36. The molecule has 2 aromatic rings. The molecule has 3 N–H and O–H groups in total. The first kappa shape index (κ1) is 12.0. The second-order valence-corrected chi connectivity index (χ2v) is 4.97. The standard InChI is InChI=1S/C12H11ClN2OS/c1-7-2-3-8(13)6-10(7)15-12(16)11-9(14)4-5-17-11/h2-6H,14H2,1H3,(H,15,16). The van der Waals surface area contributed by atoms with Crippen molar-refractivity contribution in [1.29, 1.82) is 0 Å². The Morgan fingerprint density at radius 2 is 2.18 bits per heavy atom. The van der Waals surface area contributed by atoms with E-state index in [2.05, 4.69) is 5.32 Å². The highest BCUT2D eigenvalue weighted by Gasteiger charge is 2.12. The molecule has 1 heterocycles. The van der Waals surface area contributed by atoms with Crippen LogP contribution in [-0.2, 0) is 0 Å². The molecule has 0 fully saturated rings. The molecule has 0 radical (unpaired) electrons. The Balaban J connectivity index is 2.24. The summed E-state index contributed by atoms with van der Waals surface area (Å²) in [5.41, 5.74) is 7.84. The van der Waals surface area contributed by atoms with Crippen molar-refractivity contribution in [2.75, 3.05) is 11.1 Å². The summed E-state index contributed by atoms with van der Waals surface area (Å²) in [6.45, 7) is 1.91. The first-order valence-electron chi connectivity index (χ1n) is 4.98. The summed E-state index contributed by atoms with van der Waals surface area (Å²) in [6.07, 6.45) is 0. The van der Waals surface area contributed by atoms with Gasteiger partial charge < -0.3 is 11.1 Å². The fourth-order valence-corrected chi connectivity index (χ4v) is 2.30. The van der Waals surface area contributed by atoms with Gasteiger partial charge in [0.1, 0.15) is 4.88 Å². The summed E-state index contributed by atoms with van der Waals surface area (Å²) < 4.78 is 0. The molecule has 0 bridgehead atoms. The molecule has 0 aliphatic rings. The van der Waals surface area contributed by atoms with Gasteiger partial charge in [0, 0.05) is 10.7 Å². The summed E-state index contributed by atoms with van der Waals surface area (Å²) >= 11 is 7.20. The molecule has 0 spiro atoms. The van der Waals surface area contributed by atoms with Crippen LogP contribution in [0.4, 0.5) is 11.4 Å². The van der Waals surface area contributed by atoms with Crippen LogP contribution in [0.15, 0.2) is 29.6 Å². The summed E-state index contributed by atoms with van der Waals surface area (Å²) in [7, 11) is 0. The molecule has 3 nitrogen and oxygen atoms in total. The number of benzene rings is 1. The van der Waals surface area contributed by atoms with Crippen molar-refractivity contribution in [3.63, 3.8) is 0 Å². The molecule has 2 rings (SSSR count). The highest BCUT2D eigenvalue weighted by Crippen LogP contribution is 2.24. The molecule has 0 unspecified atom stereocenters. The predicted octanol–water partition coefficient (Wildman–Crippen LogP) is 3.54. The summed E-state index contributed by atoms with van der Waals surface area (Å²) in [5.74, 6) is -0.206. The van der Waals surface area contributed by atoms with Gasteiger partial charge in [0.2, 0.25) is 0 Å². The summed E-state index contributed by atoms with van der Waals surface area (Å²) in [6, 6.07) is 7.07. The fraction of sp³-hybridized carbons (Fsp3) is 0.0833. The molecule has 5 heteroatoms. The third-order valence-corrected chi connectivity index (χ3v) is 3.51. The number of thiophene rings is 1. The largest absolute Gasteiger partial charge is 0.397 e. The Labute approximate surface area is 108 Å². The van der Waals surface area contributed by atoms with Crippen LogP contribution in [-0.4, -0.2) is 5.91 Å². The number of nitrogens with one attached hydrogen (secondary N) is 1. The predicted molar refractivity (Wildman–Crippen MR) is 72.9 cm³/mol. The minimum atomic E-state index is -0.206. The number of hydrogen-bond acceptors (Lipinski definition) is 3. The first-order chi connectivity index (χ1) is 8.08. The van der Waals surface area contributed by atoms with E-state index < -0.39 is 0 Å². The van der Waals surface area contributed by atoms with Gasteiger partial charge in [0.15, 0.2) is 0 Å². The molecular weight excluding hydrogens is 256 g/mol. The quantitative estimate of drug-likeness (QED) is 0.873. The smallest absolute Gasteiger partial charge is 0.267 e. The lowest BCUT2D eigenvalue weighted by atomic mass is 10.2. The minimum absolute atomic E-state index is 0.206. The average molecular weight is 267 g/mol. The van der Waals surface area contributed by atoms with Gasteiger partial charge in [-0.05, 0) is 36.1 Å². The van der Waals surface area contributed by atoms with E-state index in [4.69, 9.17) is 17.3 Å². The maximum absolute atomic E-state index is 11.9. The Morgan fingerprint density at radius 3 is 2.82 bits per heavy atom. The van der Waals surface area contributed by atoms with Crippen LogP contribution < -0.4 is 11.1 Å². The van der Waals surface area contributed by atoms with Crippen LogP contribution in [0, 0.1) is 6.92 Å². The van der Waals surface area contributed by atoms with Gasteiger partial charge in [-0.25, -0.2) is 0 Å². The van der Waals surface area contributed by atoms with Gasteiger partial charge in [0.25, 0.3) is 5.91 Å². The lowest BCUT2D eigenvalue weighted by molar-refractivity contribution is 0.103. The van der Waals surface area contributed by atoms with Crippen molar-refractivity contribution in [3.8, 4) is 0 Å². The molecule has 0 saturated carbocycles. The number of nitrogens with two attached hydrogens (primary N) is 1. The minimum Gasteiger partial charge on any atom is -0.397 e. The Bertz CT molecular complexity index is 565. The molecule has 1 aromatic heterocycles. The van der Waals surface area contributed by atoms with Crippen LogP contribution in [0.2, 0.25) is 5.02 Å². The molecule has 0 aliphatic carbocycles. The van der Waals surface area contributed by atoms with E-state index in [-0.39, 0.29) is 5.91 Å². The number of amides is 1. The number of nitrogen functional groups attached to an aromatic ring is 1. The van der Waals surface area contributed by atoms with Gasteiger partial charge in [0.05, 0.1) is 5.69 Å². The molecule has 0 atom stereocenters. The highest BCUT2D eigenvalue weighted by molar-refractivity contribution is 7.12. The van der Waals surface area contributed by atoms with Crippen LogP contribution in [0.1, 0.15) is 15.2 Å². The second-order valence-electron chi connectivity index (χ2n) is 3.62. The number of aryl methyl sites for hydroxylation is 1. The highest BCUT2D eigenvalue weighted by atomic mass is 35.5. The van der Waals surface area contributed by atoms with Crippen molar-refractivity contribution in [2.24, 2.45) is 0 Å². The maximum atomic E-state index is 11.9. The topological polar surface area (TPSA) is 55.1 Å². The van der Waals surface area contributed by atoms with E-state index >= 15 is 0 Å². The van der Waals surface area contributed by atoms with Gasteiger partial charge in [-0.1, -0.05) is 17.7 Å². The lowest BCUT2D eigenvalue weighted by Gasteiger charge is -2.08. The zero-order chi connectivity index (χ0) is 12.4. The van der Waals surface area contributed by atoms with Crippen molar-refractivity contribution in [2.45, 2.75) is 6.92 Å². The van der Waals surface area contributed by atoms with Gasteiger partial charge in [-0.2, -0.15) is 0 Å². The lowest BCUT2D eigenvalue weighted by Crippen LogP contribution is -2.12. The molecular formula is C12H11ClN2OS. The van der Waals surface area contributed by atoms with E-state index in [1.807, 2.05) is 13.0 Å². The van der Waals surface area contributed by atoms with E-state index in [1.54, 1.807) is 23.6 Å². The number of hydrogen-bond donors (Lipinski definition) is 2. The zero-order valence-corrected chi connectivity index (χ0v) is 10.7. The van der Waals surface area contributed by atoms with Crippen LogP contribution in [0.3, 0.4) is 0 Å². The van der Waals surface area contributed by atoms with Crippen LogP contribution in [0.25, 0.3) is 0 Å². The molecule has 88 valence electrons. The summed E-state index contributed by atoms with van der Waals surface area (Å²) in [5, 5.41) is 5.18. The van der Waals surface area contributed by atoms with E-state index in [1.165, 1.54) is 11.3 Å². The third-order valence-electron chi connectivity index (χ3n) is 2.35. The normalized spacial score (nSPS) is 10.2. The third kappa shape index (κ3) is 2.60. The fourth-order valence-electron chi connectivity index (χ4n) is 1.41. The molecule has 1 amide bonds. The van der Waals surface area contributed by atoms with E-state index in [0.717, 1.165) is 5.56 Å². The van der Waals surface area contributed by atoms with Gasteiger partial charge in [-0.3, -0.25) is 4.79 Å². The number of halogens is 1. The molecule has 0 aliphatic heterocycles. The number of anilines is 2. The Hall–Kier alpha value is -1.52. The number of carbonyl (C=O) groups is 1. The van der Waals surface area contributed by atoms with Crippen LogP contribution >= 0.6 is 22.9 Å². The number of rotatable bonds is 2. The number of carbonyl (C=O) groups excluding carboxylic acids is 1. The monoisotopic (exact) mass is 266 g/mol. The van der Waals surface area contributed by atoms with Crippen LogP contribution in [0.5, 0.6) is 0 Å². The average Bonchev–Trinajstić information content (AvgIpc) is 2.70. The van der Waals surface area contributed by atoms with Gasteiger partial charge in [-0.15, -0.1) is 11.3 Å². The first-order valence-corrected chi connectivity index (χ1v) is 6.24. The molecule has 1 aromatic carbocycles. The maximum Gasteiger partial charge on any atom is 0.267 e. The van der Waals surface area contributed by atoms with Gasteiger partial charge >= 0.3 is 0 Å².